The zero-order valence-corrected chi connectivity index (χ0v) is 10.5. The van der Waals surface area contributed by atoms with Gasteiger partial charge in [-0.3, -0.25) is 10.1 Å². The molecular weight excluding hydrogens is 254 g/mol. The third-order valence-electron chi connectivity index (χ3n) is 3.08. The summed E-state index contributed by atoms with van der Waals surface area (Å²) in [5, 5.41) is 11.0. The Balaban J connectivity index is 2.02. The molecule has 0 N–H and O–H groups in total. The van der Waals surface area contributed by atoms with Gasteiger partial charge in [-0.2, -0.15) is 0 Å². The normalized spacial score (nSPS) is 10.4. The molecule has 0 bridgehead atoms. The number of nitro benzene ring substituents is 1. The second-order valence-corrected chi connectivity index (χ2v) is 4.29. The van der Waals surface area contributed by atoms with E-state index in [1.54, 1.807) is 30.7 Å². The summed E-state index contributed by atoms with van der Waals surface area (Å²) < 4.78 is 1.88. The molecule has 1 aromatic heterocycles. The highest BCUT2D eigenvalue weighted by atomic mass is 16.6. The van der Waals surface area contributed by atoms with Gasteiger partial charge in [-0.25, -0.2) is 4.98 Å². The molecular formula is C15H11N3O2. The van der Waals surface area contributed by atoms with Gasteiger partial charge >= 0.3 is 0 Å². The molecule has 98 valence electrons. The van der Waals surface area contributed by atoms with E-state index in [1.807, 2.05) is 35.0 Å². The molecule has 5 heteroatoms. The molecule has 0 spiro atoms. The third-order valence-corrected chi connectivity index (χ3v) is 3.08. The Bertz CT molecular complexity index is 734. The van der Waals surface area contributed by atoms with Crippen molar-refractivity contribution in [2.45, 2.75) is 0 Å². The van der Waals surface area contributed by atoms with Gasteiger partial charge in [-0.05, 0) is 23.8 Å². The first kappa shape index (κ1) is 12.1. The third kappa shape index (κ3) is 2.16. The van der Waals surface area contributed by atoms with E-state index in [-0.39, 0.29) is 10.6 Å². The minimum atomic E-state index is -0.362. The van der Waals surface area contributed by atoms with Crippen LogP contribution >= 0.6 is 0 Å². The summed E-state index contributed by atoms with van der Waals surface area (Å²) in [6, 6.07) is 14.3. The van der Waals surface area contributed by atoms with Crippen LogP contribution in [0.4, 0.5) is 5.69 Å². The zero-order valence-electron chi connectivity index (χ0n) is 10.5. The number of para-hydroxylation sites is 1. The van der Waals surface area contributed by atoms with Gasteiger partial charge in [0.2, 0.25) is 0 Å². The Hall–Kier alpha value is -2.95. The Morgan fingerprint density at radius 1 is 1.05 bits per heavy atom. The van der Waals surface area contributed by atoms with Crippen molar-refractivity contribution in [1.82, 2.24) is 9.55 Å². The number of hydrogen-bond donors (Lipinski definition) is 0. The summed E-state index contributed by atoms with van der Waals surface area (Å²) in [5.74, 6) is 0. The molecule has 0 amide bonds. The highest BCUT2D eigenvalue weighted by molar-refractivity contribution is 5.73. The molecule has 1 heterocycles. The number of benzene rings is 2. The fraction of sp³-hybridized carbons (Fsp3) is 0. The van der Waals surface area contributed by atoms with Crippen molar-refractivity contribution in [2.75, 3.05) is 0 Å². The average Bonchev–Trinajstić information content (AvgIpc) is 3.02. The number of rotatable bonds is 3. The summed E-state index contributed by atoms with van der Waals surface area (Å²) >= 11 is 0. The summed E-state index contributed by atoms with van der Waals surface area (Å²) in [5.41, 5.74) is 2.52. The molecule has 0 aliphatic carbocycles. The van der Waals surface area contributed by atoms with Gasteiger partial charge in [0.15, 0.2) is 0 Å². The number of aromatic nitrogens is 2. The molecule has 3 aromatic rings. The summed E-state index contributed by atoms with van der Waals surface area (Å²) in [6.07, 6.45) is 5.26. The standard InChI is InChI=1S/C15H11N3O2/c19-18(20)15-4-2-1-3-14(15)12-5-7-13(8-6-12)17-10-9-16-11-17/h1-11H. The van der Waals surface area contributed by atoms with E-state index in [2.05, 4.69) is 4.98 Å². The van der Waals surface area contributed by atoms with Crippen LogP contribution in [0.3, 0.4) is 0 Å². The van der Waals surface area contributed by atoms with E-state index >= 15 is 0 Å². The Kier molecular flexibility index (Phi) is 3.01. The fourth-order valence-corrected chi connectivity index (χ4v) is 2.10. The lowest BCUT2D eigenvalue weighted by molar-refractivity contribution is -0.384. The quantitative estimate of drug-likeness (QED) is 0.538. The number of nitro groups is 1. The van der Waals surface area contributed by atoms with Crippen molar-refractivity contribution in [2.24, 2.45) is 0 Å². The van der Waals surface area contributed by atoms with E-state index in [4.69, 9.17) is 0 Å². The molecule has 0 unspecified atom stereocenters. The van der Waals surface area contributed by atoms with Gasteiger partial charge in [-0.15, -0.1) is 0 Å². The van der Waals surface area contributed by atoms with Crippen LogP contribution in [0.15, 0.2) is 67.3 Å². The van der Waals surface area contributed by atoms with Crippen LogP contribution < -0.4 is 0 Å². The maximum absolute atomic E-state index is 11.0. The number of nitrogens with zero attached hydrogens (tertiary/aromatic N) is 3. The van der Waals surface area contributed by atoms with Gasteiger partial charge in [0.05, 0.1) is 16.8 Å². The summed E-state index contributed by atoms with van der Waals surface area (Å²) in [6.45, 7) is 0. The van der Waals surface area contributed by atoms with Crippen LogP contribution in [0.2, 0.25) is 0 Å². The fourth-order valence-electron chi connectivity index (χ4n) is 2.10. The number of hydrogen-bond acceptors (Lipinski definition) is 3. The lowest BCUT2D eigenvalue weighted by Crippen LogP contribution is -1.93. The molecule has 2 aromatic carbocycles. The van der Waals surface area contributed by atoms with Gasteiger partial charge < -0.3 is 4.57 Å². The van der Waals surface area contributed by atoms with Gasteiger partial charge in [0.25, 0.3) is 5.69 Å². The van der Waals surface area contributed by atoms with Crippen LogP contribution in [-0.2, 0) is 0 Å². The van der Waals surface area contributed by atoms with Crippen molar-refractivity contribution in [3.05, 3.63) is 77.4 Å². The van der Waals surface area contributed by atoms with Crippen molar-refractivity contribution >= 4 is 5.69 Å². The largest absolute Gasteiger partial charge is 0.306 e. The molecule has 0 atom stereocenters. The molecule has 0 fully saturated rings. The van der Waals surface area contributed by atoms with Crippen molar-refractivity contribution < 1.29 is 4.92 Å². The van der Waals surface area contributed by atoms with Crippen LogP contribution in [0.25, 0.3) is 16.8 Å². The van der Waals surface area contributed by atoms with E-state index in [1.165, 1.54) is 6.07 Å². The van der Waals surface area contributed by atoms with Crippen LogP contribution in [0, 0.1) is 10.1 Å². The van der Waals surface area contributed by atoms with Gasteiger partial charge in [-0.1, -0.05) is 24.3 Å². The van der Waals surface area contributed by atoms with Crippen molar-refractivity contribution in [3.63, 3.8) is 0 Å². The second kappa shape index (κ2) is 4.97. The van der Waals surface area contributed by atoms with Crippen molar-refractivity contribution in [1.29, 1.82) is 0 Å². The topological polar surface area (TPSA) is 61.0 Å². The molecule has 0 radical (unpaired) electrons. The average molecular weight is 265 g/mol. The van der Waals surface area contributed by atoms with E-state index in [9.17, 15) is 10.1 Å². The lowest BCUT2D eigenvalue weighted by Gasteiger charge is -2.05. The summed E-state index contributed by atoms with van der Waals surface area (Å²) in [7, 11) is 0. The lowest BCUT2D eigenvalue weighted by atomic mass is 10.0. The predicted molar refractivity (Wildman–Crippen MR) is 75.7 cm³/mol. The zero-order chi connectivity index (χ0) is 13.9. The van der Waals surface area contributed by atoms with Crippen LogP contribution in [0.5, 0.6) is 0 Å². The maximum Gasteiger partial charge on any atom is 0.277 e. The predicted octanol–water partition coefficient (Wildman–Crippen LogP) is 3.45. The highest BCUT2D eigenvalue weighted by Gasteiger charge is 2.13. The Morgan fingerprint density at radius 2 is 1.80 bits per heavy atom. The molecule has 0 saturated carbocycles. The second-order valence-electron chi connectivity index (χ2n) is 4.29. The first-order valence-electron chi connectivity index (χ1n) is 6.08. The van der Waals surface area contributed by atoms with E-state index < -0.39 is 0 Å². The highest BCUT2D eigenvalue weighted by Crippen LogP contribution is 2.29. The van der Waals surface area contributed by atoms with E-state index in [0.717, 1.165) is 11.3 Å². The molecule has 3 rings (SSSR count). The molecule has 0 aliphatic rings. The molecule has 0 aliphatic heterocycles. The molecule has 5 nitrogen and oxygen atoms in total. The SMILES string of the molecule is O=[N+]([O-])c1ccccc1-c1ccc(-n2ccnc2)cc1. The summed E-state index contributed by atoms with van der Waals surface area (Å²) in [4.78, 5) is 14.7. The Morgan fingerprint density at radius 3 is 2.45 bits per heavy atom. The minimum absolute atomic E-state index is 0.114. The molecule has 0 saturated heterocycles. The maximum atomic E-state index is 11.0. The van der Waals surface area contributed by atoms with Crippen LogP contribution in [-0.4, -0.2) is 14.5 Å². The van der Waals surface area contributed by atoms with Crippen molar-refractivity contribution in [3.8, 4) is 16.8 Å². The monoisotopic (exact) mass is 265 g/mol. The number of imidazole rings is 1. The van der Waals surface area contributed by atoms with Gasteiger partial charge in [0, 0.05) is 24.1 Å². The van der Waals surface area contributed by atoms with Gasteiger partial charge in [0.1, 0.15) is 0 Å². The Labute approximate surface area is 115 Å². The first-order valence-corrected chi connectivity index (χ1v) is 6.08. The molecule has 20 heavy (non-hydrogen) atoms. The van der Waals surface area contributed by atoms with Crippen LogP contribution in [0.1, 0.15) is 0 Å². The minimum Gasteiger partial charge on any atom is -0.306 e. The smallest absolute Gasteiger partial charge is 0.277 e. The first-order chi connectivity index (χ1) is 9.75. The van der Waals surface area contributed by atoms with E-state index in [0.29, 0.717) is 5.56 Å².